The van der Waals surface area contributed by atoms with Crippen LogP contribution in [0.5, 0.6) is 0 Å². The molecule has 4 nitrogen and oxygen atoms in total. The van der Waals surface area contributed by atoms with Gasteiger partial charge in [-0.1, -0.05) is 33.6 Å². The Morgan fingerprint density at radius 2 is 2.12 bits per heavy atom. The van der Waals surface area contributed by atoms with Crippen LogP contribution in [0.3, 0.4) is 0 Å². The highest BCUT2D eigenvalue weighted by molar-refractivity contribution is 9.10. The first-order valence-electron chi connectivity index (χ1n) is 7.54. The quantitative estimate of drug-likeness (QED) is 0.657. The second-order valence-corrected chi connectivity index (χ2v) is 6.84. The SMILES string of the molecule is Cc1cc2nc(NCCN)n(Cc3ccc(F)c(Cl)c3)c2cc1Br. The third kappa shape index (κ3) is 3.41. The van der Waals surface area contributed by atoms with Crippen molar-refractivity contribution in [1.29, 1.82) is 0 Å². The van der Waals surface area contributed by atoms with Gasteiger partial charge < -0.3 is 15.6 Å². The summed E-state index contributed by atoms with van der Waals surface area (Å²) in [6.45, 7) is 3.68. The Balaban J connectivity index is 2.08. The summed E-state index contributed by atoms with van der Waals surface area (Å²) in [7, 11) is 0. The molecule has 126 valence electrons. The van der Waals surface area contributed by atoms with Gasteiger partial charge in [0.1, 0.15) is 5.82 Å². The van der Waals surface area contributed by atoms with E-state index < -0.39 is 5.82 Å². The number of fused-ring (bicyclic) bond motifs is 1. The molecule has 0 unspecified atom stereocenters. The largest absolute Gasteiger partial charge is 0.354 e. The number of aromatic nitrogens is 2. The van der Waals surface area contributed by atoms with Crippen LogP contribution in [0, 0.1) is 12.7 Å². The number of imidazole rings is 1. The average Bonchev–Trinajstić information content (AvgIpc) is 2.86. The number of anilines is 1. The van der Waals surface area contributed by atoms with Crippen molar-refractivity contribution in [2.75, 3.05) is 18.4 Å². The Hall–Kier alpha value is -1.63. The predicted molar refractivity (Wildman–Crippen MR) is 100 cm³/mol. The van der Waals surface area contributed by atoms with E-state index in [1.54, 1.807) is 12.1 Å². The van der Waals surface area contributed by atoms with Gasteiger partial charge in [-0.3, -0.25) is 0 Å². The molecule has 24 heavy (non-hydrogen) atoms. The zero-order valence-corrected chi connectivity index (χ0v) is 15.5. The van der Waals surface area contributed by atoms with E-state index in [-0.39, 0.29) is 5.02 Å². The fourth-order valence-corrected chi connectivity index (χ4v) is 3.08. The molecule has 0 radical (unpaired) electrons. The molecule has 0 aliphatic carbocycles. The van der Waals surface area contributed by atoms with Gasteiger partial charge in [0.2, 0.25) is 5.95 Å². The van der Waals surface area contributed by atoms with Crippen LogP contribution in [0.2, 0.25) is 5.02 Å². The second kappa shape index (κ2) is 7.09. The molecule has 7 heteroatoms. The summed E-state index contributed by atoms with van der Waals surface area (Å²) in [6, 6.07) is 8.81. The highest BCUT2D eigenvalue weighted by Crippen LogP contribution is 2.28. The van der Waals surface area contributed by atoms with Gasteiger partial charge in [-0.25, -0.2) is 9.37 Å². The predicted octanol–water partition coefficient (Wildman–Crippen LogP) is 4.32. The number of hydrogen-bond acceptors (Lipinski definition) is 3. The minimum absolute atomic E-state index is 0.116. The van der Waals surface area contributed by atoms with Crippen LogP contribution in [0.15, 0.2) is 34.8 Å². The third-order valence-electron chi connectivity index (χ3n) is 3.78. The monoisotopic (exact) mass is 410 g/mol. The van der Waals surface area contributed by atoms with Gasteiger partial charge in [0.05, 0.1) is 22.6 Å². The summed E-state index contributed by atoms with van der Waals surface area (Å²) in [6.07, 6.45) is 0. The number of rotatable bonds is 5. The molecule has 0 bridgehead atoms. The summed E-state index contributed by atoms with van der Waals surface area (Å²) in [5, 5.41) is 3.36. The number of halogens is 3. The molecule has 0 amide bonds. The van der Waals surface area contributed by atoms with Crippen molar-refractivity contribution < 1.29 is 4.39 Å². The lowest BCUT2D eigenvalue weighted by atomic mass is 10.2. The number of nitrogens with zero attached hydrogens (tertiary/aromatic N) is 2. The van der Waals surface area contributed by atoms with Crippen molar-refractivity contribution in [3.63, 3.8) is 0 Å². The number of nitrogens with two attached hydrogens (primary N) is 1. The Kier molecular flexibility index (Phi) is 5.08. The fourth-order valence-electron chi connectivity index (χ4n) is 2.55. The number of hydrogen-bond donors (Lipinski definition) is 2. The topological polar surface area (TPSA) is 55.9 Å². The summed E-state index contributed by atoms with van der Waals surface area (Å²) in [4.78, 5) is 4.66. The molecule has 0 fully saturated rings. The third-order valence-corrected chi connectivity index (χ3v) is 4.92. The van der Waals surface area contributed by atoms with Crippen LogP contribution < -0.4 is 11.1 Å². The molecule has 0 saturated heterocycles. The van der Waals surface area contributed by atoms with Gasteiger partial charge in [0, 0.05) is 17.6 Å². The van der Waals surface area contributed by atoms with Crippen LogP contribution in [0.25, 0.3) is 11.0 Å². The maximum atomic E-state index is 13.4. The van der Waals surface area contributed by atoms with E-state index in [1.165, 1.54) is 6.07 Å². The van der Waals surface area contributed by atoms with E-state index in [1.807, 2.05) is 23.6 Å². The summed E-state index contributed by atoms with van der Waals surface area (Å²) in [5.41, 5.74) is 9.47. The molecule has 0 saturated carbocycles. The molecular weight excluding hydrogens is 395 g/mol. The lowest BCUT2D eigenvalue weighted by Crippen LogP contribution is -2.16. The lowest BCUT2D eigenvalue weighted by Gasteiger charge is -2.11. The summed E-state index contributed by atoms with van der Waals surface area (Å²) >= 11 is 9.47. The highest BCUT2D eigenvalue weighted by Gasteiger charge is 2.13. The number of nitrogens with one attached hydrogen (secondary N) is 1. The number of aryl methyl sites for hydroxylation is 1. The van der Waals surface area contributed by atoms with Gasteiger partial charge in [-0.05, 0) is 42.3 Å². The van der Waals surface area contributed by atoms with Crippen LogP contribution in [0.4, 0.5) is 10.3 Å². The van der Waals surface area contributed by atoms with Crippen molar-refractivity contribution in [3.05, 3.63) is 56.8 Å². The molecule has 0 atom stereocenters. The van der Waals surface area contributed by atoms with Crippen LogP contribution >= 0.6 is 27.5 Å². The van der Waals surface area contributed by atoms with E-state index in [2.05, 4.69) is 26.2 Å². The van der Waals surface area contributed by atoms with Gasteiger partial charge in [-0.15, -0.1) is 0 Å². The van der Waals surface area contributed by atoms with E-state index in [9.17, 15) is 4.39 Å². The molecule has 3 aromatic rings. The molecule has 0 spiro atoms. The summed E-state index contributed by atoms with van der Waals surface area (Å²) in [5.74, 6) is 0.309. The molecule has 0 aliphatic rings. The van der Waals surface area contributed by atoms with Crippen molar-refractivity contribution >= 4 is 44.5 Å². The van der Waals surface area contributed by atoms with Gasteiger partial charge >= 0.3 is 0 Å². The molecule has 1 aromatic heterocycles. The van der Waals surface area contributed by atoms with Gasteiger partial charge in [0.25, 0.3) is 0 Å². The standard InChI is InChI=1S/C17H17BrClFN4/c1-10-6-15-16(8-12(10)18)24(17(23-15)22-5-4-21)9-11-2-3-14(20)13(19)7-11/h2-3,6-8H,4-5,9,21H2,1H3,(H,22,23). The molecular formula is C17H17BrClFN4. The van der Waals surface area contributed by atoms with Gasteiger partial charge in [-0.2, -0.15) is 0 Å². The highest BCUT2D eigenvalue weighted by atomic mass is 79.9. The first kappa shape index (κ1) is 17.2. The van der Waals surface area contributed by atoms with E-state index in [4.69, 9.17) is 17.3 Å². The zero-order valence-electron chi connectivity index (χ0n) is 13.1. The molecule has 0 aliphatic heterocycles. The lowest BCUT2D eigenvalue weighted by molar-refractivity contribution is 0.627. The molecule has 1 heterocycles. The maximum Gasteiger partial charge on any atom is 0.204 e. The van der Waals surface area contributed by atoms with Crippen LogP contribution in [0.1, 0.15) is 11.1 Å². The average molecular weight is 412 g/mol. The van der Waals surface area contributed by atoms with E-state index in [0.717, 1.165) is 32.6 Å². The zero-order chi connectivity index (χ0) is 17.3. The minimum Gasteiger partial charge on any atom is -0.354 e. The van der Waals surface area contributed by atoms with E-state index >= 15 is 0 Å². The molecule has 3 rings (SSSR count). The normalized spacial score (nSPS) is 11.2. The van der Waals surface area contributed by atoms with Gasteiger partial charge in [0.15, 0.2) is 0 Å². The second-order valence-electron chi connectivity index (χ2n) is 5.58. The van der Waals surface area contributed by atoms with Crippen LogP contribution in [-0.2, 0) is 6.54 Å². The first-order chi connectivity index (χ1) is 11.5. The Morgan fingerprint density at radius 3 is 2.83 bits per heavy atom. The molecule has 2 aromatic carbocycles. The Bertz CT molecular complexity index is 894. The first-order valence-corrected chi connectivity index (χ1v) is 8.71. The maximum absolute atomic E-state index is 13.4. The van der Waals surface area contributed by atoms with E-state index in [0.29, 0.717) is 19.6 Å². The van der Waals surface area contributed by atoms with Crippen molar-refractivity contribution in [2.45, 2.75) is 13.5 Å². The fraction of sp³-hybridized carbons (Fsp3) is 0.235. The summed E-state index contributed by atoms with van der Waals surface area (Å²) < 4.78 is 16.4. The number of benzene rings is 2. The van der Waals surface area contributed by atoms with Crippen molar-refractivity contribution in [2.24, 2.45) is 5.73 Å². The Labute approximate surface area is 152 Å². The molecule has 3 N–H and O–H groups in total. The minimum atomic E-state index is -0.421. The Morgan fingerprint density at radius 1 is 1.33 bits per heavy atom. The smallest absolute Gasteiger partial charge is 0.204 e. The van der Waals surface area contributed by atoms with Crippen molar-refractivity contribution in [3.8, 4) is 0 Å². The van der Waals surface area contributed by atoms with Crippen LogP contribution in [-0.4, -0.2) is 22.6 Å². The van der Waals surface area contributed by atoms with Crippen molar-refractivity contribution in [1.82, 2.24) is 9.55 Å².